The van der Waals surface area contributed by atoms with E-state index in [-0.39, 0.29) is 17.9 Å². The van der Waals surface area contributed by atoms with E-state index in [9.17, 15) is 9.90 Å². The van der Waals surface area contributed by atoms with Crippen LogP contribution in [-0.2, 0) is 0 Å². The van der Waals surface area contributed by atoms with Gasteiger partial charge in [0.05, 0.1) is 20.3 Å². The Kier molecular flexibility index (Phi) is 6.29. The van der Waals surface area contributed by atoms with Crippen molar-refractivity contribution in [2.45, 2.75) is 19.3 Å². The zero-order valence-corrected chi connectivity index (χ0v) is 15.6. The van der Waals surface area contributed by atoms with E-state index in [1.165, 1.54) is 7.11 Å². The molecular formula is C21H26N2O4. The Hall–Kier alpha value is -2.60. The van der Waals surface area contributed by atoms with Gasteiger partial charge in [-0.25, -0.2) is 4.98 Å². The van der Waals surface area contributed by atoms with Gasteiger partial charge in [0.2, 0.25) is 5.88 Å². The quantitative estimate of drug-likeness (QED) is 0.811. The third-order valence-electron chi connectivity index (χ3n) is 5.12. The molecule has 0 bridgehead atoms. The topological polar surface area (TPSA) is 71.9 Å². The molecule has 1 atom stereocenters. The Morgan fingerprint density at radius 1 is 1.26 bits per heavy atom. The van der Waals surface area contributed by atoms with E-state index >= 15 is 0 Å². The lowest BCUT2D eigenvalue weighted by atomic mass is 9.78. The van der Waals surface area contributed by atoms with Gasteiger partial charge in [0, 0.05) is 24.7 Å². The summed E-state index contributed by atoms with van der Waals surface area (Å²) < 4.78 is 11.0. The molecule has 0 spiro atoms. The molecule has 27 heavy (non-hydrogen) atoms. The summed E-state index contributed by atoms with van der Waals surface area (Å²) in [6.07, 6.45) is 4.01. The van der Waals surface area contributed by atoms with Gasteiger partial charge in [0.1, 0.15) is 11.3 Å². The molecule has 0 aliphatic carbocycles. The Labute approximate surface area is 159 Å². The van der Waals surface area contributed by atoms with Crippen LogP contribution in [0.5, 0.6) is 11.6 Å². The number of piperidine rings is 1. The van der Waals surface area contributed by atoms with Crippen LogP contribution in [0.4, 0.5) is 0 Å². The van der Waals surface area contributed by atoms with Crippen LogP contribution in [0.15, 0.2) is 48.7 Å². The number of hydrogen-bond donors (Lipinski definition) is 1. The number of pyridine rings is 1. The molecule has 6 heteroatoms. The molecule has 144 valence electrons. The van der Waals surface area contributed by atoms with Gasteiger partial charge >= 0.3 is 0 Å². The van der Waals surface area contributed by atoms with E-state index in [1.54, 1.807) is 23.2 Å². The lowest BCUT2D eigenvalue weighted by Crippen LogP contribution is -2.48. The van der Waals surface area contributed by atoms with E-state index in [4.69, 9.17) is 9.47 Å². The van der Waals surface area contributed by atoms with Gasteiger partial charge in [-0.3, -0.25) is 4.79 Å². The van der Waals surface area contributed by atoms with Gasteiger partial charge < -0.3 is 19.5 Å². The molecule has 3 rings (SSSR count). The van der Waals surface area contributed by atoms with Crippen molar-refractivity contribution in [3.05, 3.63) is 54.2 Å². The maximum atomic E-state index is 13.0. The molecule has 1 aliphatic rings. The van der Waals surface area contributed by atoms with Crippen LogP contribution in [0.3, 0.4) is 0 Å². The molecule has 0 saturated carbocycles. The van der Waals surface area contributed by atoms with Crippen molar-refractivity contribution in [3.8, 4) is 11.6 Å². The minimum Gasteiger partial charge on any atom is -0.494 e. The second-order valence-electron chi connectivity index (χ2n) is 6.96. The molecule has 1 aromatic carbocycles. The number of benzene rings is 1. The lowest BCUT2D eigenvalue weighted by Gasteiger charge is -2.42. The predicted molar refractivity (Wildman–Crippen MR) is 102 cm³/mol. The molecule has 1 amide bonds. The predicted octanol–water partition coefficient (Wildman–Crippen LogP) is 2.77. The minimum atomic E-state index is -0.349. The fourth-order valence-corrected chi connectivity index (χ4v) is 3.58. The van der Waals surface area contributed by atoms with Gasteiger partial charge in [0.25, 0.3) is 5.91 Å². The average molecular weight is 370 g/mol. The Balaban J connectivity index is 1.66. The maximum Gasteiger partial charge on any atom is 0.259 e. The third kappa shape index (κ3) is 4.57. The van der Waals surface area contributed by atoms with Crippen molar-refractivity contribution in [1.29, 1.82) is 0 Å². The highest BCUT2D eigenvalue weighted by Gasteiger charge is 2.37. The van der Waals surface area contributed by atoms with Gasteiger partial charge in [0.15, 0.2) is 0 Å². The standard InChI is InChI=1S/C21H26N2O4/c1-26-19-18(9-5-12-22-19)20(25)23-13-6-10-21(15-23,16-24)11-14-27-17-7-3-2-4-8-17/h2-5,7-9,12,24H,6,10-11,13-16H2,1H3/t21-/m0/s1. The molecule has 2 heterocycles. The summed E-state index contributed by atoms with van der Waals surface area (Å²) >= 11 is 0. The van der Waals surface area contributed by atoms with Crippen LogP contribution in [-0.4, -0.2) is 54.3 Å². The maximum absolute atomic E-state index is 13.0. The van der Waals surface area contributed by atoms with E-state index in [0.29, 0.717) is 37.6 Å². The fraction of sp³-hybridized carbons (Fsp3) is 0.429. The zero-order valence-electron chi connectivity index (χ0n) is 15.6. The van der Waals surface area contributed by atoms with Gasteiger partial charge in [-0.2, -0.15) is 0 Å². The second kappa shape index (κ2) is 8.86. The van der Waals surface area contributed by atoms with Gasteiger partial charge in [-0.05, 0) is 43.5 Å². The Bertz CT molecular complexity index is 753. The molecule has 0 unspecified atom stereocenters. The summed E-state index contributed by atoms with van der Waals surface area (Å²) in [6.45, 7) is 1.69. The monoisotopic (exact) mass is 370 g/mol. The smallest absolute Gasteiger partial charge is 0.259 e. The molecule has 1 saturated heterocycles. The number of aromatic nitrogens is 1. The minimum absolute atomic E-state index is 0.0269. The first kappa shape index (κ1) is 19.2. The van der Waals surface area contributed by atoms with E-state index in [0.717, 1.165) is 18.6 Å². The molecule has 6 nitrogen and oxygen atoms in total. The van der Waals surface area contributed by atoms with E-state index < -0.39 is 0 Å². The van der Waals surface area contributed by atoms with Crippen molar-refractivity contribution in [2.75, 3.05) is 33.4 Å². The largest absolute Gasteiger partial charge is 0.494 e. The normalized spacial score (nSPS) is 19.6. The van der Waals surface area contributed by atoms with Crippen LogP contribution in [0.2, 0.25) is 0 Å². The van der Waals surface area contributed by atoms with Crippen LogP contribution in [0.25, 0.3) is 0 Å². The van der Waals surface area contributed by atoms with Gasteiger partial charge in [-0.15, -0.1) is 0 Å². The highest BCUT2D eigenvalue weighted by Crippen LogP contribution is 2.34. The summed E-state index contributed by atoms with van der Waals surface area (Å²) in [6, 6.07) is 13.1. The first-order valence-corrected chi connectivity index (χ1v) is 9.24. The van der Waals surface area contributed by atoms with Crippen molar-refractivity contribution in [2.24, 2.45) is 5.41 Å². The fourth-order valence-electron chi connectivity index (χ4n) is 3.58. The number of aliphatic hydroxyl groups is 1. The van der Waals surface area contributed by atoms with Crippen LogP contribution < -0.4 is 9.47 Å². The summed E-state index contributed by atoms with van der Waals surface area (Å²) in [4.78, 5) is 18.9. The molecule has 1 fully saturated rings. The lowest BCUT2D eigenvalue weighted by molar-refractivity contribution is 0.0154. The average Bonchev–Trinajstić information content (AvgIpc) is 2.74. The number of ether oxygens (including phenoxy) is 2. The number of para-hydroxylation sites is 1. The molecule has 0 radical (unpaired) electrons. The van der Waals surface area contributed by atoms with Crippen LogP contribution in [0, 0.1) is 5.41 Å². The number of carbonyl (C=O) groups excluding carboxylic acids is 1. The van der Waals surface area contributed by atoms with Crippen molar-refractivity contribution >= 4 is 5.91 Å². The highest BCUT2D eigenvalue weighted by atomic mass is 16.5. The first-order valence-electron chi connectivity index (χ1n) is 9.24. The number of rotatable bonds is 7. The Morgan fingerprint density at radius 2 is 2.07 bits per heavy atom. The van der Waals surface area contributed by atoms with Crippen molar-refractivity contribution in [3.63, 3.8) is 0 Å². The zero-order chi connectivity index (χ0) is 19.1. The molecule has 1 N–H and O–H groups in total. The highest BCUT2D eigenvalue weighted by molar-refractivity contribution is 5.96. The number of aliphatic hydroxyl groups excluding tert-OH is 1. The van der Waals surface area contributed by atoms with Gasteiger partial charge in [-0.1, -0.05) is 18.2 Å². The third-order valence-corrected chi connectivity index (χ3v) is 5.12. The number of nitrogens with zero attached hydrogens (tertiary/aromatic N) is 2. The van der Waals surface area contributed by atoms with Crippen LogP contribution >= 0.6 is 0 Å². The molecule has 2 aromatic rings. The van der Waals surface area contributed by atoms with E-state index in [1.807, 2.05) is 30.3 Å². The summed E-state index contributed by atoms with van der Waals surface area (Å²) in [5.74, 6) is 1.03. The number of carbonyl (C=O) groups is 1. The first-order chi connectivity index (χ1) is 13.2. The molecular weight excluding hydrogens is 344 g/mol. The Morgan fingerprint density at radius 3 is 2.81 bits per heavy atom. The summed E-state index contributed by atoms with van der Waals surface area (Å²) in [5, 5.41) is 10.1. The molecule has 1 aromatic heterocycles. The van der Waals surface area contributed by atoms with E-state index in [2.05, 4.69) is 4.98 Å². The number of amides is 1. The number of hydrogen-bond acceptors (Lipinski definition) is 5. The second-order valence-corrected chi connectivity index (χ2v) is 6.96. The molecule has 1 aliphatic heterocycles. The van der Waals surface area contributed by atoms with Crippen molar-refractivity contribution < 1.29 is 19.4 Å². The number of methoxy groups -OCH3 is 1. The summed E-state index contributed by atoms with van der Waals surface area (Å²) in [5.41, 5.74) is 0.104. The van der Waals surface area contributed by atoms with Crippen LogP contribution in [0.1, 0.15) is 29.6 Å². The number of likely N-dealkylation sites (tertiary alicyclic amines) is 1. The summed E-state index contributed by atoms with van der Waals surface area (Å²) in [7, 11) is 1.51. The SMILES string of the molecule is COc1ncccc1C(=O)N1CCC[C@](CO)(CCOc2ccccc2)C1. The van der Waals surface area contributed by atoms with Crippen molar-refractivity contribution in [1.82, 2.24) is 9.88 Å².